The number of halogens is 2. The van der Waals surface area contributed by atoms with Crippen LogP contribution < -0.4 is 10.6 Å². The van der Waals surface area contributed by atoms with Gasteiger partial charge in [-0.25, -0.2) is 18.4 Å². The Hall–Kier alpha value is -2.62. The van der Waals surface area contributed by atoms with Crippen LogP contribution in [0.3, 0.4) is 0 Å². The minimum Gasteiger partial charge on any atom is -0.480 e. The molecule has 19 heavy (non-hydrogen) atoms. The molecule has 0 heterocycles. The lowest BCUT2D eigenvalue weighted by molar-refractivity contribution is -0.139. The van der Waals surface area contributed by atoms with Crippen LogP contribution in [0.1, 0.15) is 6.42 Å². The summed E-state index contributed by atoms with van der Waals surface area (Å²) in [7, 11) is 0. The van der Waals surface area contributed by atoms with Crippen molar-refractivity contribution in [3.05, 3.63) is 29.8 Å². The number of rotatable bonds is 4. The van der Waals surface area contributed by atoms with Crippen molar-refractivity contribution in [1.29, 1.82) is 0 Å². The summed E-state index contributed by atoms with van der Waals surface area (Å²) in [5, 5.41) is 13.0. The van der Waals surface area contributed by atoms with Crippen molar-refractivity contribution >= 4 is 17.7 Å². The van der Waals surface area contributed by atoms with Crippen LogP contribution >= 0.6 is 0 Å². The summed E-state index contributed by atoms with van der Waals surface area (Å²) < 4.78 is 25.5. The zero-order valence-electron chi connectivity index (χ0n) is 9.61. The van der Waals surface area contributed by atoms with Gasteiger partial charge in [-0.3, -0.25) is 0 Å². The van der Waals surface area contributed by atoms with Crippen LogP contribution in [0.5, 0.6) is 0 Å². The second-order valence-electron chi connectivity index (χ2n) is 3.53. The number of aliphatic carboxylic acids is 1. The number of carbonyl (C=O) groups is 2. The third kappa shape index (κ3) is 4.27. The highest BCUT2D eigenvalue weighted by atomic mass is 19.2. The predicted molar refractivity (Wildman–Crippen MR) is 63.4 cm³/mol. The van der Waals surface area contributed by atoms with Gasteiger partial charge in [0.15, 0.2) is 11.6 Å². The van der Waals surface area contributed by atoms with Crippen molar-refractivity contribution in [2.75, 3.05) is 5.32 Å². The van der Waals surface area contributed by atoms with Crippen LogP contribution in [-0.4, -0.2) is 23.1 Å². The van der Waals surface area contributed by atoms with Gasteiger partial charge in [-0.1, -0.05) is 0 Å². The zero-order chi connectivity index (χ0) is 14.4. The maximum atomic E-state index is 12.9. The molecule has 1 aromatic carbocycles. The van der Waals surface area contributed by atoms with E-state index in [1.165, 1.54) is 0 Å². The average Bonchev–Trinajstić information content (AvgIpc) is 2.33. The molecule has 3 N–H and O–H groups in total. The molecule has 100 valence electrons. The highest BCUT2D eigenvalue weighted by molar-refractivity contribution is 5.92. The summed E-state index contributed by atoms with van der Waals surface area (Å²) in [6.07, 6.45) is 4.76. The van der Waals surface area contributed by atoms with Gasteiger partial charge in [0.25, 0.3) is 0 Å². The minimum absolute atomic E-state index is 0.0127. The number of carboxylic acids is 1. The van der Waals surface area contributed by atoms with E-state index in [0.717, 1.165) is 18.2 Å². The van der Waals surface area contributed by atoms with Crippen molar-refractivity contribution in [3.63, 3.8) is 0 Å². The van der Waals surface area contributed by atoms with E-state index in [1.807, 2.05) is 0 Å². The first-order valence-corrected chi connectivity index (χ1v) is 5.13. The Bertz CT molecular complexity index is 540. The molecule has 0 saturated carbocycles. The number of amides is 2. The van der Waals surface area contributed by atoms with Crippen LogP contribution in [0.15, 0.2) is 18.2 Å². The predicted octanol–water partition coefficient (Wildman–Crippen LogP) is 1.56. The van der Waals surface area contributed by atoms with E-state index in [9.17, 15) is 18.4 Å². The number of terminal acetylenes is 1. The standard InChI is InChI=1S/C12H10F2N2O3/c1-2-3-10(11(17)18)16-12(19)15-7-4-5-8(13)9(14)6-7/h1,4-6,10H,3H2,(H,17,18)(H2,15,16,19). The third-order valence-electron chi connectivity index (χ3n) is 2.10. The lowest BCUT2D eigenvalue weighted by Crippen LogP contribution is -2.42. The molecule has 1 atom stereocenters. The topological polar surface area (TPSA) is 78.4 Å². The van der Waals surface area contributed by atoms with E-state index in [2.05, 4.69) is 16.6 Å². The highest BCUT2D eigenvalue weighted by Gasteiger charge is 2.18. The molecular formula is C12H10F2N2O3. The fraction of sp³-hybridized carbons (Fsp3) is 0.167. The molecule has 0 spiro atoms. The van der Waals surface area contributed by atoms with Crippen LogP contribution in [-0.2, 0) is 4.79 Å². The van der Waals surface area contributed by atoms with Gasteiger partial charge in [0.05, 0.1) is 0 Å². The van der Waals surface area contributed by atoms with Gasteiger partial charge in [-0.15, -0.1) is 12.3 Å². The lowest BCUT2D eigenvalue weighted by Gasteiger charge is -2.12. The lowest BCUT2D eigenvalue weighted by atomic mass is 10.2. The Morgan fingerprint density at radius 2 is 2.05 bits per heavy atom. The molecular weight excluding hydrogens is 258 g/mol. The number of hydrogen-bond donors (Lipinski definition) is 3. The Kier molecular flexibility index (Phi) is 4.83. The number of anilines is 1. The normalized spacial score (nSPS) is 11.2. The first-order chi connectivity index (χ1) is 8.93. The molecule has 0 aliphatic rings. The zero-order valence-corrected chi connectivity index (χ0v) is 9.61. The fourth-order valence-corrected chi connectivity index (χ4v) is 1.22. The van der Waals surface area contributed by atoms with Crippen molar-refractivity contribution < 1.29 is 23.5 Å². The summed E-state index contributed by atoms with van der Waals surface area (Å²) >= 11 is 0. The Labute approximate surface area is 107 Å². The molecule has 7 heteroatoms. The molecule has 1 unspecified atom stereocenters. The number of hydrogen-bond acceptors (Lipinski definition) is 2. The molecule has 0 fully saturated rings. The quantitative estimate of drug-likeness (QED) is 0.725. The SMILES string of the molecule is C#CCC(NC(=O)Nc1ccc(F)c(F)c1)C(=O)O. The number of carbonyl (C=O) groups excluding carboxylic acids is 1. The summed E-state index contributed by atoms with van der Waals surface area (Å²) in [5.74, 6) is -1.37. The molecule has 0 radical (unpaired) electrons. The van der Waals surface area contributed by atoms with Gasteiger partial charge < -0.3 is 15.7 Å². The maximum Gasteiger partial charge on any atom is 0.327 e. The highest BCUT2D eigenvalue weighted by Crippen LogP contribution is 2.12. The Morgan fingerprint density at radius 3 is 2.58 bits per heavy atom. The van der Waals surface area contributed by atoms with Gasteiger partial charge in [0, 0.05) is 18.2 Å². The molecule has 0 aliphatic heterocycles. The maximum absolute atomic E-state index is 12.9. The van der Waals surface area contributed by atoms with E-state index in [-0.39, 0.29) is 12.1 Å². The van der Waals surface area contributed by atoms with E-state index < -0.39 is 29.7 Å². The molecule has 1 aromatic rings. The number of carboxylic acid groups (broad SMARTS) is 1. The Morgan fingerprint density at radius 1 is 1.37 bits per heavy atom. The summed E-state index contributed by atoms with van der Waals surface area (Å²) in [6.45, 7) is 0. The second-order valence-corrected chi connectivity index (χ2v) is 3.53. The van der Waals surface area contributed by atoms with Crippen LogP contribution in [0.25, 0.3) is 0 Å². The first kappa shape index (κ1) is 14.4. The van der Waals surface area contributed by atoms with E-state index in [4.69, 9.17) is 11.5 Å². The van der Waals surface area contributed by atoms with Crippen molar-refractivity contribution in [1.82, 2.24) is 5.32 Å². The van der Waals surface area contributed by atoms with Gasteiger partial charge in [-0.05, 0) is 12.1 Å². The average molecular weight is 268 g/mol. The van der Waals surface area contributed by atoms with E-state index >= 15 is 0 Å². The van der Waals surface area contributed by atoms with Gasteiger partial charge in [0.1, 0.15) is 6.04 Å². The van der Waals surface area contributed by atoms with Crippen molar-refractivity contribution in [2.24, 2.45) is 0 Å². The smallest absolute Gasteiger partial charge is 0.327 e. The Balaban J connectivity index is 2.66. The number of benzene rings is 1. The summed E-state index contributed by atoms with van der Waals surface area (Å²) in [4.78, 5) is 22.2. The summed E-state index contributed by atoms with van der Waals surface area (Å²) in [5.41, 5.74) is -0.0127. The monoisotopic (exact) mass is 268 g/mol. The third-order valence-corrected chi connectivity index (χ3v) is 2.10. The van der Waals surface area contributed by atoms with Gasteiger partial charge >= 0.3 is 12.0 Å². The minimum atomic E-state index is -1.29. The van der Waals surface area contributed by atoms with E-state index in [0.29, 0.717) is 0 Å². The summed E-state index contributed by atoms with van der Waals surface area (Å²) in [6, 6.07) is 0.603. The van der Waals surface area contributed by atoms with Crippen LogP contribution in [0.4, 0.5) is 19.3 Å². The van der Waals surface area contributed by atoms with Crippen molar-refractivity contribution in [3.8, 4) is 12.3 Å². The molecule has 5 nitrogen and oxygen atoms in total. The van der Waals surface area contributed by atoms with E-state index in [1.54, 1.807) is 0 Å². The number of nitrogens with one attached hydrogen (secondary N) is 2. The fourth-order valence-electron chi connectivity index (χ4n) is 1.22. The largest absolute Gasteiger partial charge is 0.480 e. The first-order valence-electron chi connectivity index (χ1n) is 5.13. The van der Waals surface area contributed by atoms with Crippen molar-refractivity contribution in [2.45, 2.75) is 12.5 Å². The molecule has 0 saturated heterocycles. The molecule has 0 aliphatic carbocycles. The van der Waals surface area contributed by atoms with Crippen LogP contribution in [0, 0.1) is 24.0 Å². The molecule has 1 rings (SSSR count). The number of urea groups is 1. The second kappa shape index (κ2) is 6.35. The molecule has 2 amide bonds. The van der Waals surface area contributed by atoms with Gasteiger partial charge in [0.2, 0.25) is 0 Å². The molecule has 0 bridgehead atoms. The van der Waals surface area contributed by atoms with Crippen LogP contribution in [0.2, 0.25) is 0 Å². The van der Waals surface area contributed by atoms with Gasteiger partial charge in [-0.2, -0.15) is 0 Å². The molecule has 0 aromatic heterocycles.